The summed E-state index contributed by atoms with van der Waals surface area (Å²) in [5, 5.41) is 17.8. The first-order valence-electron chi connectivity index (χ1n) is 7.27. The van der Waals surface area contributed by atoms with Gasteiger partial charge in [0.1, 0.15) is 17.3 Å². The number of hydrogen-bond acceptors (Lipinski definition) is 5. The molecule has 0 spiro atoms. The number of ether oxygens (including phenoxy) is 1. The van der Waals surface area contributed by atoms with Crippen LogP contribution < -0.4 is 9.64 Å². The van der Waals surface area contributed by atoms with Crippen molar-refractivity contribution in [3.8, 4) is 22.9 Å². The summed E-state index contributed by atoms with van der Waals surface area (Å²) in [5.74, 6) is 1.37. The number of phenols is 1. The molecule has 0 aliphatic rings. The van der Waals surface area contributed by atoms with Crippen LogP contribution in [-0.4, -0.2) is 34.0 Å². The van der Waals surface area contributed by atoms with Crippen LogP contribution in [0.1, 0.15) is 0 Å². The van der Waals surface area contributed by atoms with Gasteiger partial charge in [-0.3, -0.25) is 4.57 Å². The Morgan fingerprint density at radius 1 is 1.12 bits per heavy atom. The Morgan fingerprint density at radius 3 is 2.44 bits per heavy atom. The molecular weight excluding hydrogens is 347 g/mol. The molecule has 0 aliphatic carbocycles. The summed E-state index contributed by atoms with van der Waals surface area (Å²) in [7, 11) is 5.16. The van der Waals surface area contributed by atoms with Crippen molar-refractivity contribution in [2.45, 2.75) is 0 Å². The Balaban J connectivity index is 0.00000225. The molecule has 8 heteroatoms. The van der Waals surface area contributed by atoms with Crippen LogP contribution in [0.5, 0.6) is 11.5 Å². The van der Waals surface area contributed by atoms with E-state index in [1.807, 2.05) is 19.0 Å². The minimum atomic E-state index is -0.376. The first-order valence-corrected chi connectivity index (χ1v) is 7.27. The number of benzene rings is 2. The normalized spacial score (nSPS) is 10.2. The van der Waals surface area contributed by atoms with Crippen molar-refractivity contribution >= 4 is 24.0 Å². The Kier molecular flexibility index (Phi) is 5.48. The number of rotatable bonds is 4. The van der Waals surface area contributed by atoms with Gasteiger partial charge in [-0.15, -0.1) is 22.6 Å². The van der Waals surface area contributed by atoms with E-state index in [2.05, 4.69) is 10.2 Å². The number of hydrogen-bond donors (Lipinski definition) is 1. The summed E-state index contributed by atoms with van der Waals surface area (Å²) < 4.78 is 20.4. The fourth-order valence-corrected chi connectivity index (χ4v) is 2.49. The van der Waals surface area contributed by atoms with E-state index in [-0.39, 0.29) is 24.0 Å². The Hall–Kier alpha value is -2.80. The predicted octanol–water partition coefficient (Wildman–Crippen LogP) is 3.53. The number of nitrogens with zero attached hydrogens (tertiary/aromatic N) is 4. The van der Waals surface area contributed by atoms with Crippen molar-refractivity contribution in [2.75, 3.05) is 19.1 Å². The molecule has 1 heterocycles. The minimum absolute atomic E-state index is 0. The van der Waals surface area contributed by atoms with Crippen LogP contribution in [0.2, 0.25) is 0 Å². The average Bonchev–Trinajstić information content (AvgIpc) is 2.96. The highest BCUT2D eigenvalue weighted by atomic mass is 35.5. The monoisotopic (exact) mass is 364 g/mol. The SMILES string of the molecule is COc1cc(F)ccc1-c1nnc(N(C)c2ccc(O)cc2)n1C.Cl. The van der Waals surface area contributed by atoms with Gasteiger partial charge in [0.15, 0.2) is 5.82 Å². The molecule has 6 nitrogen and oxygen atoms in total. The van der Waals surface area contributed by atoms with Gasteiger partial charge in [-0.05, 0) is 36.4 Å². The molecule has 0 bridgehead atoms. The number of anilines is 2. The molecule has 3 aromatic rings. The van der Waals surface area contributed by atoms with E-state index < -0.39 is 0 Å². The molecule has 0 aliphatic heterocycles. The Morgan fingerprint density at radius 2 is 1.80 bits per heavy atom. The van der Waals surface area contributed by atoms with E-state index >= 15 is 0 Å². The number of aromatic hydroxyl groups is 1. The second kappa shape index (κ2) is 7.40. The summed E-state index contributed by atoms with van der Waals surface area (Å²) in [4.78, 5) is 1.84. The van der Waals surface area contributed by atoms with Crippen LogP contribution in [0, 0.1) is 5.82 Å². The van der Waals surface area contributed by atoms with Crippen molar-refractivity contribution in [3.63, 3.8) is 0 Å². The first kappa shape index (κ1) is 18.5. The van der Waals surface area contributed by atoms with Gasteiger partial charge in [0.2, 0.25) is 5.95 Å². The van der Waals surface area contributed by atoms with Crippen molar-refractivity contribution in [1.82, 2.24) is 14.8 Å². The smallest absolute Gasteiger partial charge is 0.231 e. The summed E-state index contributed by atoms with van der Waals surface area (Å²) in [6, 6.07) is 11.0. The van der Waals surface area contributed by atoms with Crippen LogP contribution in [0.15, 0.2) is 42.5 Å². The van der Waals surface area contributed by atoms with Gasteiger partial charge in [0.25, 0.3) is 0 Å². The van der Waals surface area contributed by atoms with Gasteiger partial charge in [-0.25, -0.2) is 4.39 Å². The van der Waals surface area contributed by atoms with Gasteiger partial charge in [-0.1, -0.05) is 0 Å². The van der Waals surface area contributed by atoms with Crippen LogP contribution in [0.3, 0.4) is 0 Å². The molecule has 0 saturated heterocycles. The fourth-order valence-electron chi connectivity index (χ4n) is 2.49. The molecule has 25 heavy (non-hydrogen) atoms. The second-order valence-electron chi connectivity index (χ2n) is 5.30. The van der Waals surface area contributed by atoms with Gasteiger partial charge in [-0.2, -0.15) is 0 Å². The number of phenolic OH excluding ortho intramolecular Hbond substituents is 1. The summed E-state index contributed by atoms with van der Waals surface area (Å²) in [6.45, 7) is 0. The zero-order chi connectivity index (χ0) is 17.3. The van der Waals surface area contributed by atoms with Crippen molar-refractivity contribution in [3.05, 3.63) is 48.3 Å². The highest BCUT2D eigenvalue weighted by molar-refractivity contribution is 5.85. The molecule has 132 valence electrons. The van der Waals surface area contributed by atoms with E-state index in [4.69, 9.17) is 4.74 Å². The lowest BCUT2D eigenvalue weighted by Gasteiger charge is -2.18. The molecule has 0 amide bonds. The number of methoxy groups -OCH3 is 1. The molecule has 1 N–H and O–H groups in total. The van der Waals surface area contributed by atoms with Crippen LogP contribution in [0.25, 0.3) is 11.4 Å². The highest BCUT2D eigenvalue weighted by Crippen LogP contribution is 2.32. The van der Waals surface area contributed by atoms with Gasteiger partial charge in [0, 0.05) is 25.8 Å². The summed E-state index contributed by atoms with van der Waals surface area (Å²) in [6.07, 6.45) is 0. The topological polar surface area (TPSA) is 63.4 Å². The minimum Gasteiger partial charge on any atom is -0.508 e. The van der Waals surface area contributed by atoms with Crippen LogP contribution >= 0.6 is 12.4 Å². The van der Waals surface area contributed by atoms with E-state index in [9.17, 15) is 9.50 Å². The predicted molar refractivity (Wildman–Crippen MR) is 96.4 cm³/mol. The summed E-state index contributed by atoms with van der Waals surface area (Å²) >= 11 is 0. The maximum Gasteiger partial charge on any atom is 0.231 e. The number of halogens is 2. The number of aromatic nitrogens is 3. The Labute approximate surface area is 150 Å². The lowest BCUT2D eigenvalue weighted by Crippen LogP contribution is -2.14. The summed E-state index contributed by atoms with van der Waals surface area (Å²) in [5.41, 5.74) is 1.50. The fraction of sp³-hybridized carbons (Fsp3) is 0.176. The lowest BCUT2D eigenvalue weighted by atomic mass is 10.2. The van der Waals surface area contributed by atoms with Crippen molar-refractivity contribution in [1.29, 1.82) is 0 Å². The third kappa shape index (κ3) is 3.51. The van der Waals surface area contributed by atoms with Crippen molar-refractivity contribution in [2.24, 2.45) is 7.05 Å². The van der Waals surface area contributed by atoms with E-state index in [0.717, 1.165) is 5.69 Å². The maximum atomic E-state index is 13.4. The highest BCUT2D eigenvalue weighted by Gasteiger charge is 2.18. The van der Waals surface area contributed by atoms with E-state index in [1.165, 1.54) is 19.2 Å². The van der Waals surface area contributed by atoms with Gasteiger partial charge in [0.05, 0.1) is 12.7 Å². The lowest BCUT2D eigenvalue weighted by molar-refractivity contribution is 0.412. The first-order chi connectivity index (χ1) is 11.5. The second-order valence-corrected chi connectivity index (χ2v) is 5.30. The third-order valence-electron chi connectivity index (χ3n) is 3.79. The van der Waals surface area contributed by atoms with Crippen LogP contribution in [-0.2, 0) is 7.05 Å². The molecule has 0 saturated carbocycles. The molecule has 0 unspecified atom stereocenters. The van der Waals surface area contributed by atoms with Gasteiger partial charge >= 0.3 is 0 Å². The maximum absolute atomic E-state index is 13.4. The zero-order valence-electron chi connectivity index (χ0n) is 14.0. The molecule has 3 rings (SSSR count). The molecule has 0 fully saturated rings. The van der Waals surface area contributed by atoms with E-state index in [1.54, 1.807) is 34.9 Å². The zero-order valence-corrected chi connectivity index (χ0v) is 14.8. The standard InChI is InChI=1S/C17H17FN4O2.ClH/c1-21(12-5-7-13(23)8-6-12)17-20-19-16(22(17)2)14-9-4-11(18)10-15(14)24-3;/h4-10,23H,1-3H3;1H. The largest absolute Gasteiger partial charge is 0.508 e. The molecule has 2 aromatic carbocycles. The third-order valence-corrected chi connectivity index (χ3v) is 3.79. The van der Waals surface area contributed by atoms with Crippen molar-refractivity contribution < 1.29 is 14.2 Å². The average molecular weight is 365 g/mol. The molecular formula is C17H18ClFN4O2. The van der Waals surface area contributed by atoms with E-state index in [0.29, 0.717) is 23.1 Å². The van der Waals surface area contributed by atoms with Gasteiger partial charge < -0.3 is 14.7 Å². The Bertz CT molecular complexity index is 868. The quantitative estimate of drug-likeness (QED) is 0.767. The molecule has 0 radical (unpaired) electrons. The van der Waals surface area contributed by atoms with Crippen LogP contribution in [0.4, 0.5) is 16.0 Å². The molecule has 1 aromatic heterocycles. The molecule has 0 atom stereocenters.